The number of hydrogen-bond donors (Lipinski definition) is 1. The molecule has 0 rings (SSSR count). The molecule has 0 aliphatic carbocycles. The Morgan fingerprint density at radius 3 is 1.76 bits per heavy atom. The van der Waals surface area contributed by atoms with Crippen molar-refractivity contribution >= 4 is 11.8 Å². The third-order valence-corrected chi connectivity index (χ3v) is 3.19. The highest BCUT2D eigenvalue weighted by atomic mass is 16.4. The molecule has 1 N–H and O–H groups in total. The molecule has 0 heterocycles. The summed E-state index contributed by atoms with van der Waals surface area (Å²) in [6.45, 7) is 2.23. The van der Waals surface area contributed by atoms with E-state index in [-0.39, 0.29) is 5.78 Å². The normalized spacial score (nSPS) is 9.19. The van der Waals surface area contributed by atoms with Gasteiger partial charge < -0.3 is 5.11 Å². The van der Waals surface area contributed by atoms with Crippen LogP contribution in [0.4, 0.5) is 0 Å². The van der Waals surface area contributed by atoms with E-state index < -0.39 is 5.97 Å². The molecule has 0 atom stereocenters. The molecule has 0 radical (unpaired) electrons. The summed E-state index contributed by atoms with van der Waals surface area (Å²) >= 11 is 0. The predicted octanol–water partition coefficient (Wildman–Crippen LogP) is 3.96. The Morgan fingerprint density at radius 2 is 1.24 bits per heavy atom. The lowest BCUT2D eigenvalue weighted by atomic mass is 10.1. The first-order chi connectivity index (χ1) is 10.2. The molecule has 0 unspecified atom stereocenters. The van der Waals surface area contributed by atoms with Crippen LogP contribution in [0.15, 0.2) is 0 Å². The van der Waals surface area contributed by atoms with Crippen LogP contribution >= 0.6 is 0 Å². The highest BCUT2D eigenvalue weighted by Crippen LogP contribution is 2.11. The Hall–Kier alpha value is -1.74. The zero-order chi connectivity index (χ0) is 15.8. The van der Waals surface area contributed by atoms with Gasteiger partial charge in [-0.1, -0.05) is 64.7 Å². The maximum absolute atomic E-state index is 11.3. The van der Waals surface area contributed by atoms with Crippen molar-refractivity contribution in [2.45, 2.75) is 77.6 Å². The van der Waals surface area contributed by atoms with Crippen molar-refractivity contribution in [3.8, 4) is 23.7 Å². The summed E-state index contributed by atoms with van der Waals surface area (Å²) in [5, 5.41) is 8.26. The number of rotatable bonds is 11. The van der Waals surface area contributed by atoms with Gasteiger partial charge in [0.25, 0.3) is 0 Å². The molecule has 3 heteroatoms. The molecule has 0 aromatic rings. The third-order valence-electron chi connectivity index (χ3n) is 3.19. The molecule has 0 bridgehead atoms. The Kier molecular flexibility index (Phi) is 13.4. The predicted molar refractivity (Wildman–Crippen MR) is 84.7 cm³/mol. The molecule has 0 aromatic heterocycles. The van der Waals surface area contributed by atoms with Gasteiger partial charge in [-0.3, -0.25) is 4.79 Å². The van der Waals surface area contributed by atoms with E-state index in [0.29, 0.717) is 6.42 Å². The van der Waals surface area contributed by atoms with Gasteiger partial charge in [0, 0.05) is 12.3 Å². The van der Waals surface area contributed by atoms with Crippen LogP contribution in [-0.4, -0.2) is 16.9 Å². The Balaban J connectivity index is 3.41. The van der Waals surface area contributed by atoms with Crippen molar-refractivity contribution in [1.82, 2.24) is 0 Å². The number of carbonyl (C=O) groups excluding carboxylic acids is 1. The Bertz CT molecular complexity index is 415. The molecule has 116 valence electrons. The Morgan fingerprint density at radius 1 is 0.762 bits per heavy atom. The fourth-order valence-electron chi connectivity index (χ4n) is 2.02. The molecule has 0 saturated carbocycles. The fraction of sp³-hybridized carbons (Fsp3) is 0.667. The monoisotopic (exact) mass is 290 g/mol. The second-order valence-corrected chi connectivity index (χ2v) is 5.16. The number of aliphatic carboxylic acids is 1. The number of carbonyl (C=O) groups is 2. The molecule has 0 aliphatic heterocycles. The Labute approximate surface area is 128 Å². The van der Waals surface area contributed by atoms with Crippen LogP contribution in [-0.2, 0) is 9.59 Å². The average molecular weight is 290 g/mol. The third kappa shape index (κ3) is 16.2. The number of hydrogen-bond acceptors (Lipinski definition) is 2. The standard InChI is InChI=1S/C18H26O3/c1-2-3-4-5-6-7-8-9-10-11-14-17(19)15-12-13-16-18(20)21/h2-11,14H2,1H3,(H,20,21). The minimum Gasteiger partial charge on any atom is -0.472 e. The van der Waals surface area contributed by atoms with Crippen LogP contribution in [0.1, 0.15) is 77.6 Å². The van der Waals surface area contributed by atoms with Gasteiger partial charge in [0.05, 0.1) is 0 Å². The first-order valence-corrected chi connectivity index (χ1v) is 7.94. The second kappa shape index (κ2) is 14.7. The van der Waals surface area contributed by atoms with Gasteiger partial charge in [-0.2, -0.15) is 0 Å². The summed E-state index contributed by atoms with van der Waals surface area (Å²) in [5.74, 6) is 7.19. The summed E-state index contributed by atoms with van der Waals surface area (Å²) in [7, 11) is 0. The van der Waals surface area contributed by atoms with Gasteiger partial charge in [-0.15, -0.1) is 0 Å². The van der Waals surface area contributed by atoms with Crippen molar-refractivity contribution in [3.05, 3.63) is 0 Å². The molecule has 0 fully saturated rings. The maximum atomic E-state index is 11.3. The van der Waals surface area contributed by atoms with Crippen LogP contribution in [0, 0.1) is 23.7 Å². The molecule has 3 nitrogen and oxygen atoms in total. The summed E-state index contributed by atoms with van der Waals surface area (Å²) in [6.07, 6.45) is 12.7. The first-order valence-electron chi connectivity index (χ1n) is 7.94. The number of ketones is 1. The van der Waals surface area contributed by atoms with Gasteiger partial charge in [0.1, 0.15) is 0 Å². The van der Waals surface area contributed by atoms with Gasteiger partial charge in [0.15, 0.2) is 0 Å². The second-order valence-electron chi connectivity index (χ2n) is 5.16. The zero-order valence-electron chi connectivity index (χ0n) is 13.0. The van der Waals surface area contributed by atoms with Crippen molar-refractivity contribution < 1.29 is 14.7 Å². The van der Waals surface area contributed by atoms with Crippen molar-refractivity contribution in [3.63, 3.8) is 0 Å². The first kappa shape index (κ1) is 19.3. The molecule has 0 amide bonds. The highest BCUT2D eigenvalue weighted by molar-refractivity contribution is 5.96. The van der Waals surface area contributed by atoms with Gasteiger partial charge in [-0.05, 0) is 24.2 Å². The SMILES string of the molecule is CCCCCCCCCCCCC(=O)C#CC#CC(=O)O. The van der Waals surface area contributed by atoms with Gasteiger partial charge in [-0.25, -0.2) is 4.79 Å². The molecular weight excluding hydrogens is 264 g/mol. The minimum atomic E-state index is -1.23. The number of Topliss-reactive ketones (excluding diaryl/α,β-unsaturated/α-hetero) is 1. The van der Waals surface area contributed by atoms with E-state index in [0.717, 1.165) is 12.8 Å². The van der Waals surface area contributed by atoms with Crippen LogP contribution in [0.25, 0.3) is 0 Å². The summed E-state index contributed by atoms with van der Waals surface area (Å²) in [6, 6.07) is 0. The van der Waals surface area contributed by atoms with Crippen molar-refractivity contribution in [2.75, 3.05) is 0 Å². The van der Waals surface area contributed by atoms with E-state index in [4.69, 9.17) is 5.11 Å². The lowest BCUT2D eigenvalue weighted by Crippen LogP contribution is -1.93. The van der Waals surface area contributed by atoms with Crippen LogP contribution in [0.2, 0.25) is 0 Å². The largest absolute Gasteiger partial charge is 0.472 e. The number of unbranched alkanes of at least 4 members (excludes halogenated alkanes) is 9. The molecule has 0 aromatic carbocycles. The van der Waals surface area contributed by atoms with Crippen LogP contribution < -0.4 is 0 Å². The van der Waals surface area contributed by atoms with Crippen molar-refractivity contribution in [1.29, 1.82) is 0 Å². The van der Waals surface area contributed by atoms with Crippen LogP contribution in [0.5, 0.6) is 0 Å². The van der Waals surface area contributed by atoms with E-state index in [1.54, 1.807) is 0 Å². The van der Waals surface area contributed by atoms with Gasteiger partial charge in [0.2, 0.25) is 5.78 Å². The molecule has 0 spiro atoms. The summed E-state index contributed by atoms with van der Waals surface area (Å²) < 4.78 is 0. The van der Waals surface area contributed by atoms with Crippen molar-refractivity contribution in [2.24, 2.45) is 0 Å². The molecule has 0 saturated heterocycles. The highest BCUT2D eigenvalue weighted by Gasteiger charge is 1.97. The zero-order valence-corrected chi connectivity index (χ0v) is 13.0. The number of carboxylic acids is 1. The lowest BCUT2D eigenvalue weighted by Gasteiger charge is -2.01. The maximum Gasteiger partial charge on any atom is 0.382 e. The van der Waals surface area contributed by atoms with E-state index in [1.165, 1.54) is 51.4 Å². The molecule has 21 heavy (non-hydrogen) atoms. The average Bonchev–Trinajstić information content (AvgIpc) is 2.45. The molecular formula is C18H26O3. The molecule has 0 aliphatic rings. The van der Waals surface area contributed by atoms with E-state index in [1.807, 2.05) is 5.92 Å². The lowest BCUT2D eigenvalue weighted by molar-refractivity contribution is -0.130. The topological polar surface area (TPSA) is 54.4 Å². The van der Waals surface area contributed by atoms with E-state index in [9.17, 15) is 9.59 Å². The van der Waals surface area contributed by atoms with Crippen LogP contribution in [0.3, 0.4) is 0 Å². The smallest absolute Gasteiger partial charge is 0.382 e. The summed E-state index contributed by atoms with van der Waals surface area (Å²) in [4.78, 5) is 21.4. The quantitative estimate of drug-likeness (QED) is 0.356. The summed E-state index contributed by atoms with van der Waals surface area (Å²) in [5.41, 5.74) is 0. The van der Waals surface area contributed by atoms with E-state index >= 15 is 0 Å². The fourth-order valence-corrected chi connectivity index (χ4v) is 2.02. The number of carboxylic acid groups (broad SMARTS) is 1. The van der Waals surface area contributed by atoms with E-state index in [2.05, 4.69) is 24.7 Å². The minimum absolute atomic E-state index is 0.158. The van der Waals surface area contributed by atoms with Gasteiger partial charge >= 0.3 is 5.97 Å².